The van der Waals surface area contributed by atoms with Crippen molar-refractivity contribution < 1.29 is 19.2 Å². The first-order valence-electron chi connectivity index (χ1n) is 42.6. The Morgan fingerprint density at radius 2 is 0.500 bits per heavy atom. The predicted octanol–water partition coefficient (Wildman–Crippen LogP) is 29.0. The van der Waals surface area contributed by atoms with Gasteiger partial charge in [-0.1, -0.05) is 358 Å². The van der Waals surface area contributed by atoms with E-state index in [4.69, 9.17) is 15.0 Å². The largest absolute Gasteiger partial charge is 0.294 e. The van der Waals surface area contributed by atoms with Gasteiger partial charge in [0.1, 0.15) is 0 Å². The zero-order valence-corrected chi connectivity index (χ0v) is 64.3. The predicted molar refractivity (Wildman–Crippen MR) is 429 cm³/mol. The SMILES string of the molecule is CCCCCCCCCCCCCCCCCCc1cccc2cc(C(=O)CCCCC(=O)c3cnc4c(CCCCCCCCCCCCCCCCCC)c(C(=O)CCCCC(=O)c5cnc6c(CCCCCCCCCCCCCCCCCC)cccc6c5)ccc4c3)cnc12. The topological polar surface area (TPSA) is 107 Å². The summed E-state index contributed by atoms with van der Waals surface area (Å²) in [6.45, 7) is 6.87. The number of pyridine rings is 3. The van der Waals surface area contributed by atoms with Gasteiger partial charge >= 0.3 is 0 Å². The zero-order chi connectivity index (χ0) is 70.6. The molecule has 3 heterocycles. The van der Waals surface area contributed by atoms with Crippen molar-refractivity contribution >= 4 is 55.8 Å². The first kappa shape index (κ1) is 83.5. The number of nitrogens with zero attached hydrogens (tertiary/aromatic N) is 3. The van der Waals surface area contributed by atoms with E-state index in [1.807, 2.05) is 30.3 Å². The molecule has 552 valence electrons. The van der Waals surface area contributed by atoms with Crippen molar-refractivity contribution in [2.75, 3.05) is 0 Å². The minimum Gasteiger partial charge on any atom is -0.294 e. The molecule has 0 saturated heterocycles. The third kappa shape index (κ3) is 34.2. The maximum atomic E-state index is 14.3. The molecule has 6 aromatic rings. The third-order valence-electron chi connectivity index (χ3n) is 21.8. The Morgan fingerprint density at radius 3 is 0.800 bits per heavy atom. The summed E-state index contributed by atoms with van der Waals surface area (Å²) in [5, 5.41) is 2.92. The van der Waals surface area contributed by atoms with E-state index in [1.165, 1.54) is 294 Å². The zero-order valence-electron chi connectivity index (χ0n) is 64.3. The highest BCUT2D eigenvalue weighted by molar-refractivity contribution is 6.04. The molecule has 100 heavy (non-hydrogen) atoms. The average Bonchev–Trinajstić information content (AvgIpc) is 0.797. The Labute approximate surface area is 610 Å². The minimum atomic E-state index is 0.0186. The van der Waals surface area contributed by atoms with Crippen molar-refractivity contribution in [3.05, 3.63) is 124 Å². The highest BCUT2D eigenvalue weighted by atomic mass is 16.1. The molecule has 0 radical (unpaired) electrons. The quantitative estimate of drug-likeness (QED) is 0.0276. The summed E-state index contributed by atoms with van der Waals surface area (Å²) in [4.78, 5) is 69.8. The Hall–Kier alpha value is -5.43. The molecule has 0 saturated carbocycles. The molecule has 6 rings (SSSR count). The second-order valence-corrected chi connectivity index (χ2v) is 30.6. The molecule has 3 aromatic carbocycles. The maximum Gasteiger partial charge on any atom is 0.164 e. The van der Waals surface area contributed by atoms with Gasteiger partial charge in [0.05, 0.1) is 16.6 Å². The molecular formula is C93H141N3O4. The number of carbonyl (C=O) groups excluding carboxylic acids is 4. The molecule has 0 spiro atoms. The molecule has 3 aromatic heterocycles. The van der Waals surface area contributed by atoms with Gasteiger partial charge in [-0.25, -0.2) is 0 Å². The van der Waals surface area contributed by atoms with Crippen LogP contribution in [-0.2, 0) is 19.3 Å². The van der Waals surface area contributed by atoms with Crippen LogP contribution in [0.1, 0.15) is 438 Å². The Bertz CT molecular complexity index is 3180. The lowest BCUT2D eigenvalue weighted by molar-refractivity contribution is 0.0954. The molecule has 0 unspecified atom stereocenters. The van der Waals surface area contributed by atoms with Crippen molar-refractivity contribution in [2.24, 2.45) is 0 Å². The number of aryl methyl sites for hydroxylation is 3. The average molecular weight is 1370 g/mol. The number of unbranched alkanes of at least 4 members (excludes halogenated alkanes) is 47. The van der Waals surface area contributed by atoms with Gasteiger partial charge in [-0.2, -0.15) is 0 Å². The fourth-order valence-corrected chi connectivity index (χ4v) is 15.4. The van der Waals surface area contributed by atoms with Crippen molar-refractivity contribution in [3.63, 3.8) is 0 Å². The number of aromatic nitrogens is 3. The molecule has 0 atom stereocenters. The number of ketones is 4. The van der Waals surface area contributed by atoms with Crippen LogP contribution in [0.15, 0.2) is 85.3 Å². The summed E-state index contributed by atoms with van der Waals surface area (Å²) in [5.41, 5.74) is 8.89. The molecular weight excluding hydrogens is 1220 g/mol. The molecule has 0 aliphatic rings. The van der Waals surface area contributed by atoms with Crippen LogP contribution in [0, 0.1) is 0 Å². The van der Waals surface area contributed by atoms with Gasteiger partial charge in [0.2, 0.25) is 0 Å². The summed E-state index contributed by atoms with van der Waals surface area (Å²) < 4.78 is 0. The lowest BCUT2D eigenvalue weighted by Crippen LogP contribution is -2.08. The van der Waals surface area contributed by atoms with Crippen molar-refractivity contribution in [3.8, 4) is 0 Å². The monoisotopic (exact) mass is 1360 g/mol. The first-order chi connectivity index (χ1) is 49.3. The standard InChI is InChI=1S/C93H141N3O4/c1-4-7-10-13-16-19-22-25-28-31-34-37-40-43-46-49-58-77-60-56-62-79-71-82(74-94-91(77)79)87(97)65-52-53-66-89(99)84-73-81-69-70-85(86(93(81)96-76-84)64-51-48-45-42-39-36-33-30-27-24-21-18-15-12-9-6-3)90(100)68-55-54-67-88(98)83-72-80-63-57-61-78(92(80)95-75-83)59-50-47-44-41-38-35-32-29-26-23-20-17-14-11-8-5-2/h56-57,60-63,69-76H,4-55,58-59,64-68H2,1-3H3. The number of para-hydroxylation sites is 2. The van der Waals surface area contributed by atoms with Crippen LogP contribution in [-0.4, -0.2) is 38.1 Å². The fraction of sp³-hybridized carbons (Fsp3) is 0.667. The second-order valence-electron chi connectivity index (χ2n) is 30.6. The maximum absolute atomic E-state index is 14.3. The Kier molecular flexibility index (Phi) is 45.3. The summed E-state index contributed by atoms with van der Waals surface area (Å²) in [6.07, 6.45) is 76.4. The lowest BCUT2D eigenvalue weighted by atomic mass is 9.92. The van der Waals surface area contributed by atoms with Crippen LogP contribution in [0.25, 0.3) is 32.7 Å². The van der Waals surface area contributed by atoms with Gasteiger partial charge < -0.3 is 0 Å². The molecule has 0 aliphatic carbocycles. The van der Waals surface area contributed by atoms with Crippen molar-refractivity contribution in [1.29, 1.82) is 0 Å². The van der Waals surface area contributed by atoms with Gasteiger partial charge in [-0.3, -0.25) is 34.1 Å². The Balaban J connectivity index is 0.923. The van der Waals surface area contributed by atoms with Crippen LogP contribution in [0.5, 0.6) is 0 Å². The highest BCUT2D eigenvalue weighted by Crippen LogP contribution is 2.29. The number of rotatable bonds is 65. The van der Waals surface area contributed by atoms with E-state index in [0.29, 0.717) is 68.1 Å². The van der Waals surface area contributed by atoms with E-state index in [-0.39, 0.29) is 23.1 Å². The number of carbonyl (C=O) groups is 4. The summed E-state index contributed by atoms with van der Waals surface area (Å²) in [7, 11) is 0. The Morgan fingerprint density at radius 1 is 0.250 bits per heavy atom. The highest BCUT2D eigenvalue weighted by Gasteiger charge is 2.19. The number of hydrogen-bond acceptors (Lipinski definition) is 7. The van der Waals surface area contributed by atoms with E-state index in [1.54, 1.807) is 18.6 Å². The number of benzene rings is 3. The second kappa shape index (κ2) is 54.3. The summed E-state index contributed by atoms with van der Waals surface area (Å²) in [6, 6.07) is 22.6. The number of hydrogen-bond donors (Lipinski definition) is 0. The van der Waals surface area contributed by atoms with Crippen LogP contribution in [0.3, 0.4) is 0 Å². The minimum absolute atomic E-state index is 0.0186. The number of fused-ring (bicyclic) bond motifs is 3. The number of Topliss-reactive ketones (excluding diaryl/α,β-unsaturated/α-hetero) is 4. The smallest absolute Gasteiger partial charge is 0.164 e. The fourth-order valence-electron chi connectivity index (χ4n) is 15.4. The van der Waals surface area contributed by atoms with Crippen molar-refractivity contribution in [1.82, 2.24) is 15.0 Å². The van der Waals surface area contributed by atoms with Crippen LogP contribution in [0.2, 0.25) is 0 Å². The van der Waals surface area contributed by atoms with Gasteiger partial charge in [-0.05, 0) is 99.1 Å². The molecule has 0 fully saturated rings. The normalized spacial score (nSPS) is 11.7. The molecule has 0 aliphatic heterocycles. The van der Waals surface area contributed by atoms with E-state index in [2.05, 4.69) is 57.2 Å². The van der Waals surface area contributed by atoms with E-state index < -0.39 is 0 Å². The third-order valence-corrected chi connectivity index (χ3v) is 21.8. The van der Waals surface area contributed by atoms with Gasteiger partial charge in [0, 0.05) is 82.7 Å². The van der Waals surface area contributed by atoms with E-state index in [9.17, 15) is 19.2 Å². The van der Waals surface area contributed by atoms with E-state index in [0.717, 1.165) is 88.8 Å². The lowest BCUT2D eigenvalue weighted by Gasteiger charge is -2.13. The first-order valence-corrected chi connectivity index (χ1v) is 42.6. The molecule has 7 nitrogen and oxygen atoms in total. The van der Waals surface area contributed by atoms with Gasteiger partial charge in [0.15, 0.2) is 23.1 Å². The molecule has 7 heteroatoms. The van der Waals surface area contributed by atoms with Crippen LogP contribution >= 0.6 is 0 Å². The molecule has 0 amide bonds. The van der Waals surface area contributed by atoms with Crippen LogP contribution < -0.4 is 0 Å². The summed E-state index contributed by atoms with van der Waals surface area (Å²) >= 11 is 0. The molecule has 0 N–H and O–H groups in total. The van der Waals surface area contributed by atoms with Crippen LogP contribution in [0.4, 0.5) is 0 Å². The van der Waals surface area contributed by atoms with E-state index >= 15 is 0 Å². The summed E-state index contributed by atoms with van der Waals surface area (Å²) in [5.74, 6) is 0.247. The molecule has 0 bridgehead atoms. The van der Waals surface area contributed by atoms with Crippen molar-refractivity contribution in [2.45, 2.75) is 400 Å². The van der Waals surface area contributed by atoms with Gasteiger partial charge in [0.25, 0.3) is 0 Å². The van der Waals surface area contributed by atoms with Gasteiger partial charge in [-0.15, -0.1) is 0 Å².